The third-order valence-corrected chi connectivity index (χ3v) is 2.49. The molecule has 0 radical (unpaired) electrons. The first-order valence-corrected chi connectivity index (χ1v) is 4.81. The molecule has 0 saturated heterocycles. The summed E-state index contributed by atoms with van der Waals surface area (Å²) in [6, 6.07) is 5.98. The van der Waals surface area contributed by atoms with Gasteiger partial charge in [0.05, 0.1) is 6.42 Å². The summed E-state index contributed by atoms with van der Waals surface area (Å²) < 4.78 is 5.04. The summed E-state index contributed by atoms with van der Waals surface area (Å²) in [5, 5.41) is 0. The molecule has 1 aliphatic heterocycles. The van der Waals surface area contributed by atoms with Crippen molar-refractivity contribution in [1.82, 2.24) is 0 Å². The first-order valence-electron chi connectivity index (χ1n) is 4.81. The quantitative estimate of drug-likeness (QED) is 0.464. The molecule has 0 atom stereocenters. The molecule has 1 aromatic carbocycles. The SMILES string of the molecule is CC(C)(C)c1ccc2c(c1)CC(=O)O2. The lowest BCUT2D eigenvalue weighted by molar-refractivity contribution is -0.131. The molecule has 0 amide bonds. The zero-order valence-corrected chi connectivity index (χ0v) is 8.76. The highest BCUT2D eigenvalue weighted by molar-refractivity contribution is 5.81. The Morgan fingerprint density at radius 1 is 1.29 bits per heavy atom. The predicted octanol–water partition coefficient (Wildman–Crippen LogP) is 2.45. The van der Waals surface area contributed by atoms with Crippen LogP contribution in [0.2, 0.25) is 0 Å². The summed E-state index contributed by atoms with van der Waals surface area (Å²) in [7, 11) is 0. The lowest BCUT2D eigenvalue weighted by Crippen LogP contribution is -2.10. The van der Waals surface area contributed by atoms with Crippen molar-refractivity contribution in [2.75, 3.05) is 0 Å². The zero-order chi connectivity index (χ0) is 10.3. The summed E-state index contributed by atoms with van der Waals surface area (Å²) in [5.41, 5.74) is 2.39. The van der Waals surface area contributed by atoms with Gasteiger partial charge >= 0.3 is 5.97 Å². The fourth-order valence-electron chi connectivity index (χ4n) is 1.60. The van der Waals surface area contributed by atoms with Crippen molar-refractivity contribution in [2.45, 2.75) is 32.6 Å². The van der Waals surface area contributed by atoms with Crippen LogP contribution in [-0.2, 0) is 16.6 Å². The molecule has 1 aliphatic rings. The molecule has 0 spiro atoms. The summed E-state index contributed by atoms with van der Waals surface area (Å²) in [6.07, 6.45) is 0.416. The van der Waals surface area contributed by atoms with E-state index in [0.29, 0.717) is 6.42 Å². The van der Waals surface area contributed by atoms with E-state index in [1.54, 1.807) is 0 Å². The first kappa shape index (κ1) is 9.25. The second-order valence-corrected chi connectivity index (χ2v) is 4.72. The molecule has 0 bridgehead atoms. The highest BCUT2D eigenvalue weighted by Gasteiger charge is 2.22. The van der Waals surface area contributed by atoms with Gasteiger partial charge in [-0.15, -0.1) is 0 Å². The maximum atomic E-state index is 11.0. The number of hydrogen-bond donors (Lipinski definition) is 0. The Morgan fingerprint density at radius 3 is 2.64 bits per heavy atom. The van der Waals surface area contributed by atoms with Gasteiger partial charge in [0.25, 0.3) is 0 Å². The molecule has 0 unspecified atom stereocenters. The van der Waals surface area contributed by atoms with Gasteiger partial charge in [-0.2, -0.15) is 0 Å². The summed E-state index contributed by atoms with van der Waals surface area (Å²) in [5.74, 6) is 0.578. The third kappa shape index (κ3) is 1.52. The van der Waals surface area contributed by atoms with E-state index in [4.69, 9.17) is 4.74 Å². The smallest absolute Gasteiger partial charge is 0.315 e. The average Bonchev–Trinajstić information content (AvgIpc) is 2.41. The fraction of sp³-hybridized carbons (Fsp3) is 0.417. The summed E-state index contributed by atoms with van der Waals surface area (Å²) in [4.78, 5) is 11.0. The average molecular weight is 190 g/mol. The van der Waals surface area contributed by atoms with Gasteiger partial charge in [-0.1, -0.05) is 32.9 Å². The largest absolute Gasteiger partial charge is 0.426 e. The van der Waals surface area contributed by atoms with Crippen LogP contribution < -0.4 is 4.74 Å². The highest BCUT2D eigenvalue weighted by Crippen LogP contribution is 2.31. The maximum Gasteiger partial charge on any atom is 0.315 e. The standard InChI is InChI=1S/C12H14O2/c1-12(2,3)9-4-5-10-8(6-9)7-11(13)14-10/h4-6H,7H2,1-3H3. The van der Waals surface area contributed by atoms with Crippen molar-refractivity contribution in [3.63, 3.8) is 0 Å². The van der Waals surface area contributed by atoms with Crippen molar-refractivity contribution in [2.24, 2.45) is 0 Å². The second-order valence-electron chi connectivity index (χ2n) is 4.72. The molecule has 2 nitrogen and oxygen atoms in total. The van der Waals surface area contributed by atoms with Gasteiger partial charge < -0.3 is 4.74 Å². The Bertz CT molecular complexity index is 386. The van der Waals surface area contributed by atoms with E-state index in [2.05, 4.69) is 26.8 Å². The maximum absolute atomic E-state index is 11.0. The summed E-state index contributed by atoms with van der Waals surface area (Å²) in [6.45, 7) is 6.48. The van der Waals surface area contributed by atoms with Gasteiger partial charge in [0.1, 0.15) is 5.75 Å². The van der Waals surface area contributed by atoms with Crippen LogP contribution in [0.1, 0.15) is 31.9 Å². The monoisotopic (exact) mass is 190 g/mol. The number of benzene rings is 1. The molecular formula is C12H14O2. The number of esters is 1. The normalized spacial score (nSPS) is 15.2. The molecule has 2 heteroatoms. The van der Waals surface area contributed by atoms with Crippen LogP contribution in [0, 0.1) is 0 Å². The van der Waals surface area contributed by atoms with Crippen molar-refractivity contribution in [3.8, 4) is 5.75 Å². The molecular weight excluding hydrogens is 176 g/mol. The van der Waals surface area contributed by atoms with Gasteiger partial charge in [-0.05, 0) is 17.0 Å². The van der Waals surface area contributed by atoms with Crippen LogP contribution in [0.15, 0.2) is 18.2 Å². The highest BCUT2D eigenvalue weighted by atomic mass is 16.5. The van der Waals surface area contributed by atoms with Crippen LogP contribution in [0.3, 0.4) is 0 Å². The van der Waals surface area contributed by atoms with Gasteiger partial charge in [-0.25, -0.2) is 0 Å². The van der Waals surface area contributed by atoms with E-state index in [-0.39, 0.29) is 11.4 Å². The van der Waals surface area contributed by atoms with Crippen LogP contribution in [-0.4, -0.2) is 5.97 Å². The Morgan fingerprint density at radius 2 is 2.00 bits per heavy atom. The van der Waals surface area contributed by atoms with E-state index < -0.39 is 0 Å². The molecule has 2 rings (SSSR count). The van der Waals surface area contributed by atoms with Crippen molar-refractivity contribution < 1.29 is 9.53 Å². The molecule has 0 N–H and O–H groups in total. The molecule has 1 heterocycles. The van der Waals surface area contributed by atoms with E-state index in [0.717, 1.165) is 11.3 Å². The number of ether oxygens (including phenoxy) is 1. The number of carbonyl (C=O) groups excluding carboxylic acids is 1. The van der Waals surface area contributed by atoms with E-state index >= 15 is 0 Å². The number of carbonyl (C=O) groups is 1. The molecule has 74 valence electrons. The molecule has 14 heavy (non-hydrogen) atoms. The van der Waals surface area contributed by atoms with E-state index in [1.807, 2.05) is 12.1 Å². The lowest BCUT2D eigenvalue weighted by Gasteiger charge is -2.19. The lowest BCUT2D eigenvalue weighted by atomic mass is 9.86. The minimum atomic E-state index is -0.147. The van der Waals surface area contributed by atoms with E-state index in [1.165, 1.54) is 5.56 Å². The third-order valence-electron chi connectivity index (χ3n) is 2.49. The molecule has 0 aliphatic carbocycles. The number of hydrogen-bond acceptors (Lipinski definition) is 2. The number of fused-ring (bicyclic) bond motifs is 1. The fourth-order valence-corrected chi connectivity index (χ4v) is 1.60. The van der Waals surface area contributed by atoms with Crippen molar-refractivity contribution >= 4 is 5.97 Å². The predicted molar refractivity (Wildman–Crippen MR) is 54.5 cm³/mol. The van der Waals surface area contributed by atoms with Gasteiger partial charge in [0.2, 0.25) is 0 Å². The molecule has 1 aromatic rings. The van der Waals surface area contributed by atoms with Crippen LogP contribution >= 0.6 is 0 Å². The van der Waals surface area contributed by atoms with Gasteiger partial charge in [0, 0.05) is 5.56 Å². The Balaban J connectivity index is 2.43. The minimum Gasteiger partial charge on any atom is -0.426 e. The topological polar surface area (TPSA) is 26.3 Å². The van der Waals surface area contributed by atoms with E-state index in [9.17, 15) is 4.79 Å². The van der Waals surface area contributed by atoms with Gasteiger partial charge in [-0.3, -0.25) is 4.79 Å². The second kappa shape index (κ2) is 2.84. The van der Waals surface area contributed by atoms with Crippen LogP contribution in [0.5, 0.6) is 5.75 Å². The van der Waals surface area contributed by atoms with Gasteiger partial charge in [0.15, 0.2) is 0 Å². The van der Waals surface area contributed by atoms with Crippen LogP contribution in [0.4, 0.5) is 0 Å². The first-order chi connectivity index (χ1) is 6.47. The Kier molecular flexibility index (Phi) is 1.88. The van der Waals surface area contributed by atoms with Crippen LogP contribution in [0.25, 0.3) is 0 Å². The van der Waals surface area contributed by atoms with Crippen molar-refractivity contribution in [3.05, 3.63) is 29.3 Å². The molecule has 0 aromatic heterocycles. The Hall–Kier alpha value is -1.31. The summed E-state index contributed by atoms with van der Waals surface area (Å²) >= 11 is 0. The Labute approximate surface area is 83.9 Å². The molecule has 0 saturated carbocycles. The zero-order valence-electron chi connectivity index (χ0n) is 8.76. The minimum absolute atomic E-state index is 0.126. The molecule has 0 fully saturated rings. The van der Waals surface area contributed by atoms with Crippen molar-refractivity contribution in [1.29, 1.82) is 0 Å². The number of rotatable bonds is 0.